The molecular formula is C20H25NO2. The number of carbonyl (C=O) groups excluding carboxylic acids is 1. The molecule has 0 radical (unpaired) electrons. The first kappa shape index (κ1) is 17.1. The highest BCUT2D eigenvalue weighted by molar-refractivity contribution is 5.92. The van der Waals surface area contributed by atoms with Crippen LogP contribution in [0.1, 0.15) is 37.5 Å². The van der Waals surface area contributed by atoms with E-state index in [9.17, 15) is 4.79 Å². The number of anilines is 1. The number of nitrogens with one attached hydrogen (secondary N) is 1. The molecule has 0 spiro atoms. The molecule has 1 N–H and O–H groups in total. The molecule has 2 rings (SSSR count). The maximum atomic E-state index is 12.1. The van der Waals surface area contributed by atoms with Crippen molar-refractivity contribution < 1.29 is 9.53 Å². The summed E-state index contributed by atoms with van der Waals surface area (Å²) in [6, 6.07) is 13.9. The van der Waals surface area contributed by atoms with Gasteiger partial charge in [0.15, 0.2) is 6.61 Å². The summed E-state index contributed by atoms with van der Waals surface area (Å²) in [5.74, 6) is 0.559. The van der Waals surface area contributed by atoms with E-state index in [4.69, 9.17) is 4.74 Å². The number of aryl methyl sites for hydroxylation is 2. The SMILES string of the molecule is Cc1cc(C)cc(NC(=O)COc2cccc(C(C)(C)C)c2)c1. The van der Waals surface area contributed by atoms with Gasteiger partial charge in [-0.15, -0.1) is 0 Å². The summed E-state index contributed by atoms with van der Waals surface area (Å²) >= 11 is 0. The van der Waals surface area contributed by atoms with Gasteiger partial charge in [0.2, 0.25) is 0 Å². The second-order valence-electron chi connectivity index (χ2n) is 6.99. The summed E-state index contributed by atoms with van der Waals surface area (Å²) in [6.45, 7) is 10.5. The Labute approximate surface area is 138 Å². The minimum absolute atomic E-state index is 0.000581. The number of amides is 1. The van der Waals surface area contributed by atoms with Crippen LogP contribution in [0.25, 0.3) is 0 Å². The van der Waals surface area contributed by atoms with Gasteiger partial charge in [0.1, 0.15) is 5.75 Å². The van der Waals surface area contributed by atoms with Crippen LogP contribution < -0.4 is 10.1 Å². The molecule has 0 heterocycles. The van der Waals surface area contributed by atoms with E-state index in [0.29, 0.717) is 5.75 Å². The third-order valence-electron chi connectivity index (χ3n) is 3.58. The molecule has 0 fully saturated rings. The molecule has 3 nitrogen and oxygen atoms in total. The van der Waals surface area contributed by atoms with E-state index in [0.717, 1.165) is 16.8 Å². The Balaban J connectivity index is 1.97. The Bertz CT molecular complexity index is 679. The molecule has 2 aromatic rings. The zero-order chi connectivity index (χ0) is 17.0. The van der Waals surface area contributed by atoms with Crippen LogP contribution in [-0.4, -0.2) is 12.5 Å². The number of benzene rings is 2. The summed E-state index contributed by atoms with van der Waals surface area (Å²) < 4.78 is 5.62. The molecule has 0 saturated carbocycles. The minimum atomic E-state index is -0.156. The second kappa shape index (κ2) is 6.86. The fourth-order valence-corrected chi connectivity index (χ4v) is 2.45. The van der Waals surface area contributed by atoms with Crippen molar-refractivity contribution in [1.29, 1.82) is 0 Å². The standard InChI is InChI=1S/C20H25NO2/c1-14-9-15(2)11-17(10-14)21-19(22)13-23-18-8-6-7-16(12-18)20(3,4)5/h6-12H,13H2,1-5H3,(H,21,22). The van der Waals surface area contributed by atoms with Gasteiger partial charge in [-0.1, -0.05) is 39.0 Å². The molecule has 0 aromatic heterocycles. The van der Waals surface area contributed by atoms with Crippen LogP contribution in [0.5, 0.6) is 5.75 Å². The fourth-order valence-electron chi connectivity index (χ4n) is 2.45. The van der Waals surface area contributed by atoms with E-state index < -0.39 is 0 Å². The third kappa shape index (κ3) is 5.13. The van der Waals surface area contributed by atoms with E-state index in [-0.39, 0.29) is 17.9 Å². The lowest BCUT2D eigenvalue weighted by molar-refractivity contribution is -0.118. The maximum absolute atomic E-state index is 12.1. The third-order valence-corrected chi connectivity index (χ3v) is 3.58. The molecule has 0 aliphatic carbocycles. The van der Waals surface area contributed by atoms with Crippen molar-refractivity contribution in [3.05, 3.63) is 59.2 Å². The van der Waals surface area contributed by atoms with Crippen LogP contribution in [-0.2, 0) is 10.2 Å². The topological polar surface area (TPSA) is 38.3 Å². The Morgan fingerprint density at radius 2 is 1.70 bits per heavy atom. The Kier molecular flexibility index (Phi) is 5.09. The van der Waals surface area contributed by atoms with E-state index >= 15 is 0 Å². The van der Waals surface area contributed by atoms with Gasteiger partial charge in [-0.3, -0.25) is 4.79 Å². The van der Waals surface area contributed by atoms with Gasteiger partial charge < -0.3 is 10.1 Å². The number of ether oxygens (including phenoxy) is 1. The first-order valence-electron chi connectivity index (χ1n) is 7.85. The summed E-state index contributed by atoms with van der Waals surface area (Å²) in [5.41, 5.74) is 4.29. The smallest absolute Gasteiger partial charge is 0.262 e. The lowest BCUT2D eigenvalue weighted by Crippen LogP contribution is -2.20. The average Bonchev–Trinajstić information content (AvgIpc) is 2.43. The summed E-state index contributed by atoms with van der Waals surface area (Å²) in [5, 5.41) is 2.87. The molecule has 1 amide bonds. The largest absolute Gasteiger partial charge is 0.484 e. The van der Waals surface area contributed by atoms with Gasteiger partial charge >= 0.3 is 0 Å². The molecule has 0 saturated heterocycles. The Morgan fingerprint density at radius 3 is 2.30 bits per heavy atom. The summed E-state index contributed by atoms with van der Waals surface area (Å²) in [6.07, 6.45) is 0. The van der Waals surface area contributed by atoms with Crippen molar-refractivity contribution in [2.45, 2.75) is 40.0 Å². The second-order valence-corrected chi connectivity index (χ2v) is 6.99. The highest BCUT2D eigenvalue weighted by Gasteiger charge is 2.14. The van der Waals surface area contributed by atoms with Crippen LogP contribution in [0.3, 0.4) is 0 Å². The monoisotopic (exact) mass is 311 g/mol. The van der Waals surface area contributed by atoms with Crippen LogP contribution in [0.4, 0.5) is 5.69 Å². The molecular weight excluding hydrogens is 286 g/mol. The normalized spacial score (nSPS) is 11.2. The van der Waals surface area contributed by atoms with Crippen molar-refractivity contribution in [3.8, 4) is 5.75 Å². The summed E-state index contributed by atoms with van der Waals surface area (Å²) in [7, 11) is 0. The number of hydrogen-bond acceptors (Lipinski definition) is 2. The zero-order valence-electron chi connectivity index (χ0n) is 14.6. The first-order chi connectivity index (χ1) is 10.7. The van der Waals surface area contributed by atoms with Crippen molar-refractivity contribution in [2.24, 2.45) is 0 Å². The highest BCUT2D eigenvalue weighted by Crippen LogP contribution is 2.25. The predicted octanol–water partition coefficient (Wildman–Crippen LogP) is 4.62. The number of hydrogen-bond donors (Lipinski definition) is 1. The fraction of sp³-hybridized carbons (Fsp3) is 0.350. The van der Waals surface area contributed by atoms with Gasteiger partial charge in [0.25, 0.3) is 5.91 Å². The quantitative estimate of drug-likeness (QED) is 0.895. The number of carbonyl (C=O) groups is 1. The predicted molar refractivity (Wildman–Crippen MR) is 95.2 cm³/mol. The van der Waals surface area contributed by atoms with Gasteiger partial charge in [-0.05, 0) is 60.2 Å². The molecule has 2 aromatic carbocycles. The molecule has 0 bridgehead atoms. The molecule has 122 valence electrons. The van der Waals surface area contributed by atoms with E-state index in [2.05, 4.69) is 38.2 Å². The molecule has 0 atom stereocenters. The Morgan fingerprint density at radius 1 is 1.04 bits per heavy atom. The molecule has 23 heavy (non-hydrogen) atoms. The minimum Gasteiger partial charge on any atom is -0.484 e. The van der Waals surface area contributed by atoms with Crippen LogP contribution >= 0.6 is 0 Å². The van der Waals surface area contributed by atoms with Gasteiger partial charge in [-0.25, -0.2) is 0 Å². The van der Waals surface area contributed by atoms with Crippen molar-refractivity contribution in [2.75, 3.05) is 11.9 Å². The zero-order valence-corrected chi connectivity index (χ0v) is 14.6. The van der Waals surface area contributed by atoms with Gasteiger partial charge in [-0.2, -0.15) is 0 Å². The number of rotatable bonds is 4. The van der Waals surface area contributed by atoms with E-state index in [1.807, 2.05) is 44.2 Å². The summed E-state index contributed by atoms with van der Waals surface area (Å²) in [4.78, 5) is 12.1. The van der Waals surface area contributed by atoms with Gasteiger partial charge in [0.05, 0.1) is 0 Å². The lowest BCUT2D eigenvalue weighted by Gasteiger charge is -2.19. The van der Waals surface area contributed by atoms with Crippen LogP contribution in [0, 0.1) is 13.8 Å². The van der Waals surface area contributed by atoms with E-state index in [1.165, 1.54) is 5.56 Å². The molecule has 3 heteroatoms. The molecule has 0 aliphatic rings. The van der Waals surface area contributed by atoms with Gasteiger partial charge in [0, 0.05) is 5.69 Å². The molecule has 0 unspecified atom stereocenters. The van der Waals surface area contributed by atoms with Crippen LogP contribution in [0.2, 0.25) is 0 Å². The van der Waals surface area contributed by atoms with Crippen LogP contribution in [0.15, 0.2) is 42.5 Å². The van der Waals surface area contributed by atoms with Crippen molar-refractivity contribution >= 4 is 11.6 Å². The van der Waals surface area contributed by atoms with Crippen molar-refractivity contribution in [1.82, 2.24) is 0 Å². The maximum Gasteiger partial charge on any atom is 0.262 e. The Hall–Kier alpha value is -2.29. The first-order valence-corrected chi connectivity index (χ1v) is 7.85. The molecule has 0 aliphatic heterocycles. The van der Waals surface area contributed by atoms with E-state index in [1.54, 1.807) is 0 Å². The van der Waals surface area contributed by atoms with Crippen molar-refractivity contribution in [3.63, 3.8) is 0 Å². The highest BCUT2D eigenvalue weighted by atomic mass is 16.5. The lowest BCUT2D eigenvalue weighted by atomic mass is 9.87. The average molecular weight is 311 g/mol.